The van der Waals surface area contributed by atoms with E-state index in [1.807, 2.05) is 6.07 Å². The Labute approximate surface area is 94.8 Å². The maximum absolute atomic E-state index is 11.4. The molecule has 0 aliphatic heterocycles. The van der Waals surface area contributed by atoms with E-state index in [0.717, 1.165) is 0 Å². The molecule has 1 amide bonds. The molecule has 0 aliphatic rings. The quantitative estimate of drug-likeness (QED) is 0.664. The van der Waals surface area contributed by atoms with Crippen LogP contribution in [0.3, 0.4) is 0 Å². The zero-order chi connectivity index (χ0) is 10.6. The Balaban J connectivity index is 2.71. The lowest BCUT2D eigenvalue weighted by atomic mass is 10.2. The summed E-state index contributed by atoms with van der Waals surface area (Å²) < 4.78 is 0. The van der Waals surface area contributed by atoms with Crippen LogP contribution in [0.4, 0.5) is 0 Å². The van der Waals surface area contributed by atoms with Gasteiger partial charge in [0, 0.05) is 10.6 Å². The van der Waals surface area contributed by atoms with Crippen molar-refractivity contribution in [3.63, 3.8) is 0 Å². The Bertz CT molecular complexity index is 371. The average Bonchev–Trinajstić information content (AvgIpc) is 2.18. The summed E-state index contributed by atoms with van der Waals surface area (Å²) in [5.74, 6) is -0.315. The highest BCUT2D eigenvalue weighted by atomic mass is 79.9. The van der Waals surface area contributed by atoms with Gasteiger partial charge in [-0.05, 0) is 40.2 Å². The van der Waals surface area contributed by atoms with Crippen molar-refractivity contribution in [2.45, 2.75) is 4.95 Å². The van der Waals surface area contributed by atoms with Gasteiger partial charge in [-0.3, -0.25) is 4.79 Å². The molecule has 14 heavy (non-hydrogen) atoms. The van der Waals surface area contributed by atoms with E-state index in [-0.39, 0.29) is 5.91 Å². The molecule has 0 aliphatic carbocycles. The third-order valence-electron chi connectivity index (χ3n) is 1.48. The molecule has 3 nitrogen and oxygen atoms in total. The van der Waals surface area contributed by atoms with Gasteiger partial charge >= 0.3 is 0 Å². The minimum atomic E-state index is -0.675. The lowest BCUT2D eigenvalue weighted by molar-refractivity contribution is 0.0956. The molecule has 0 fully saturated rings. The van der Waals surface area contributed by atoms with Gasteiger partial charge < -0.3 is 5.32 Å². The van der Waals surface area contributed by atoms with Crippen LogP contribution in [0.5, 0.6) is 0 Å². The first-order valence-electron chi connectivity index (χ1n) is 3.73. The van der Waals surface area contributed by atoms with Gasteiger partial charge in [0.15, 0.2) is 4.95 Å². The Kier molecular flexibility index (Phi) is 3.93. The molecule has 72 valence electrons. The Morgan fingerprint density at radius 3 is 2.57 bits per heavy atom. The number of nitrogens with one attached hydrogen (secondary N) is 1. The number of halogens is 2. The average molecular weight is 274 g/mol. The normalized spacial score (nSPS) is 11.5. The molecule has 1 N–H and O–H groups in total. The van der Waals surface area contributed by atoms with Crippen molar-refractivity contribution < 1.29 is 4.79 Å². The number of carbonyl (C=O) groups excluding carboxylic acids is 1. The lowest BCUT2D eigenvalue weighted by Crippen LogP contribution is -2.29. The Morgan fingerprint density at radius 2 is 2.07 bits per heavy atom. The highest BCUT2D eigenvalue weighted by Crippen LogP contribution is 2.09. The van der Waals surface area contributed by atoms with Crippen LogP contribution in [-0.4, -0.2) is 10.9 Å². The molecule has 5 heteroatoms. The van der Waals surface area contributed by atoms with E-state index < -0.39 is 4.95 Å². The van der Waals surface area contributed by atoms with Crippen molar-refractivity contribution in [1.82, 2.24) is 5.32 Å². The second kappa shape index (κ2) is 4.99. The minimum Gasteiger partial charge on any atom is -0.327 e. The number of hydrogen-bond acceptors (Lipinski definition) is 2. The summed E-state index contributed by atoms with van der Waals surface area (Å²) in [5.41, 5.74) is 0.467. The summed E-state index contributed by atoms with van der Waals surface area (Å²) in [6.45, 7) is 0. The van der Waals surface area contributed by atoms with Gasteiger partial charge in [0.25, 0.3) is 5.91 Å². The number of nitrogens with zero attached hydrogens (tertiary/aromatic N) is 1. The van der Waals surface area contributed by atoms with Crippen molar-refractivity contribution in [1.29, 1.82) is 5.26 Å². The van der Waals surface area contributed by atoms with Crippen LogP contribution >= 0.6 is 27.5 Å². The van der Waals surface area contributed by atoms with E-state index >= 15 is 0 Å². The molecule has 0 bridgehead atoms. The Morgan fingerprint density at radius 1 is 1.50 bits per heavy atom. The first kappa shape index (κ1) is 11.0. The third-order valence-corrected chi connectivity index (χ3v) is 2.16. The molecular weight excluding hydrogens is 267 g/mol. The van der Waals surface area contributed by atoms with Crippen LogP contribution in [0.1, 0.15) is 10.4 Å². The van der Waals surface area contributed by atoms with Gasteiger partial charge in [0.05, 0.1) is 6.07 Å². The molecular formula is C9H6BrClN2O. The van der Waals surface area contributed by atoms with Crippen molar-refractivity contribution in [2.24, 2.45) is 0 Å². The molecule has 1 rings (SSSR count). The van der Waals surface area contributed by atoms with Crippen molar-refractivity contribution in [2.75, 3.05) is 0 Å². The van der Waals surface area contributed by atoms with Crippen LogP contribution in [0.15, 0.2) is 24.3 Å². The van der Waals surface area contributed by atoms with E-state index in [4.69, 9.17) is 16.9 Å². The first-order valence-corrected chi connectivity index (χ1v) is 5.03. The van der Waals surface area contributed by atoms with Gasteiger partial charge in [0.2, 0.25) is 0 Å². The number of alkyl halides is 1. The molecule has 0 radical (unpaired) electrons. The minimum absolute atomic E-state index is 0.315. The fourth-order valence-electron chi connectivity index (χ4n) is 0.832. The van der Waals surface area contributed by atoms with Crippen LogP contribution in [0.2, 0.25) is 5.02 Å². The van der Waals surface area contributed by atoms with Crippen LogP contribution in [0.25, 0.3) is 0 Å². The van der Waals surface area contributed by atoms with Gasteiger partial charge in [-0.1, -0.05) is 11.6 Å². The highest BCUT2D eigenvalue weighted by molar-refractivity contribution is 9.09. The number of nitriles is 1. The maximum atomic E-state index is 11.4. The fraction of sp³-hybridized carbons (Fsp3) is 0.111. The second-order valence-corrected chi connectivity index (χ2v) is 3.82. The lowest BCUT2D eigenvalue weighted by Gasteiger charge is -2.04. The van der Waals surface area contributed by atoms with E-state index in [1.54, 1.807) is 24.3 Å². The fourth-order valence-corrected chi connectivity index (χ4v) is 1.17. The summed E-state index contributed by atoms with van der Waals surface area (Å²) in [7, 11) is 0. The predicted molar refractivity (Wildman–Crippen MR) is 57.2 cm³/mol. The standard InChI is InChI=1S/C9H6BrClN2O/c10-8(5-12)13-9(14)6-1-3-7(11)4-2-6/h1-4,8H,(H,13,14). The summed E-state index contributed by atoms with van der Waals surface area (Å²) in [6, 6.07) is 8.25. The zero-order valence-electron chi connectivity index (χ0n) is 7.00. The number of carbonyl (C=O) groups is 1. The van der Waals surface area contributed by atoms with Crippen molar-refractivity contribution in [3.8, 4) is 6.07 Å². The van der Waals surface area contributed by atoms with E-state index in [2.05, 4.69) is 21.2 Å². The van der Waals surface area contributed by atoms with Crippen LogP contribution < -0.4 is 5.32 Å². The van der Waals surface area contributed by atoms with Gasteiger partial charge in [-0.2, -0.15) is 5.26 Å². The molecule has 0 heterocycles. The number of amides is 1. The summed E-state index contributed by atoms with van der Waals surface area (Å²) >= 11 is 8.63. The number of benzene rings is 1. The monoisotopic (exact) mass is 272 g/mol. The number of rotatable bonds is 2. The third kappa shape index (κ3) is 3.02. The number of hydrogen-bond donors (Lipinski definition) is 1. The molecule has 0 saturated carbocycles. The Hall–Kier alpha value is -1.05. The molecule has 1 aromatic carbocycles. The smallest absolute Gasteiger partial charge is 0.252 e. The van der Waals surface area contributed by atoms with E-state index in [1.165, 1.54) is 0 Å². The van der Waals surface area contributed by atoms with Gasteiger partial charge in [0.1, 0.15) is 0 Å². The first-order chi connectivity index (χ1) is 6.63. The summed E-state index contributed by atoms with van der Waals surface area (Å²) in [4.78, 5) is 10.7. The van der Waals surface area contributed by atoms with E-state index in [9.17, 15) is 4.79 Å². The van der Waals surface area contributed by atoms with E-state index in [0.29, 0.717) is 10.6 Å². The summed E-state index contributed by atoms with van der Waals surface area (Å²) in [5, 5.41) is 11.4. The van der Waals surface area contributed by atoms with Crippen LogP contribution in [-0.2, 0) is 0 Å². The highest BCUT2D eigenvalue weighted by Gasteiger charge is 2.08. The van der Waals surface area contributed by atoms with Gasteiger partial charge in [-0.15, -0.1) is 0 Å². The van der Waals surface area contributed by atoms with Crippen molar-refractivity contribution in [3.05, 3.63) is 34.9 Å². The predicted octanol–water partition coefficient (Wildman–Crippen LogP) is 2.31. The molecule has 0 saturated heterocycles. The summed E-state index contributed by atoms with van der Waals surface area (Å²) in [6.07, 6.45) is 0. The second-order valence-electron chi connectivity index (χ2n) is 2.47. The molecule has 0 spiro atoms. The molecule has 0 aromatic heterocycles. The maximum Gasteiger partial charge on any atom is 0.252 e. The zero-order valence-corrected chi connectivity index (χ0v) is 9.34. The van der Waals surface area contributed by atoms with Crippen LogP contribution in [0, 0.1) is 11.3 Å². The largest absolute Gasteiger partial charge is 0.327 e. The van der Waals surface area contributed by atoms with Crippen molar-refractivity contribution >= 4 is 33.4 Å². The topological polar surface area (TPSA) is 52.9 Å². The molecule has 1 aromatic rings. The van der Waals surface area contributed by atoms with Gasteiger partial charge in [-0.25, -0.2) is 0 Å². The molecule has 1 atom stereocenters. The SMILES string of the molecule is N#CC(Br)NC(=O)c1ccc(Cl)cc1. The molecule has 1 unspecified atom stereocenters.